The molecule has 2 amide bonds. The molecule has 228 valence electrons. The molecule has 9 nitrogen and oxygen atoms in total. The van der Waals surface area contributed by atoms with Gasteiger partial charge in [-0.2, -0.15) is 0 Å². The Morgan fingerprint density at radius 3 is 2.47 bits per heavy atom. The Morgan fingerprint density at radius 1 is 1.14 bits per heavy atom. The lowest BCUT2D eigenvalue weighted by molar-refractivity contribution is -0.162. The van der Waals surface area contributed by atoms with E-state index in [2.05, 4.69) is 13.2 Å². The van der Waals surface area contributed by atoms with E-state index in [4.69, 9.17) is 14.2 Å². The predicted molar refractivity (Wildman–Crippen MR) is 161 cm³/mol. The number of likely N-dealkylation sites (tertiary alicyclic amines) is 1. The first kappa shape index (κ1) is 30.5. The van der Waals surface area contributed by atoms with Crippen LogP contribution < -0.4 is 9.64 Å². The van der Waals surface area contributed by atoms with Gasteiger partial charge in [-0.05, 0) is 55.5 Å². The summed E-state index contributed by atoms with van der Waals surface area (Å²) >= 11 is 0. The van der Waals surface area contributed by atoms with Gasteiger partial charge in [-0.1, -0.05) is 49.4 Å². The van der Waals surface area contributed by atoms with Crippen molar-refractivity contribution in [2.45, 2.75) is 55.9 Å². The number of amides is 2. The highest BCUT2D eigenvalue weighted by atomic mass is 16.6. The normalized spacial score (nSPS) is 27.8. The van der Waals surface area contributed by atoms with E-state index < -0.39 is 53.6 Å². The highest BCUT2D eigenvalue weighted by Gasteiger charge is 2.79. The molecule has 43 heavy (non-hydrogen) atoms. The van der Waals surface area contributed by atoms with Crippen LogP contribution in [0.15, 0.2) is 79.9 Å². The van der Waals surface area contributed by atoms with Gasteiger partial charge in [-0.15, -0.1) is 13.2 Å². The molecule has 2 bridgehead atoms. The monoisotopic (exact) mass is 588 g/mol. The molecule has 1 spiro atoms. The van der Waals surface area contributed by atoms with Crippen LogP contribution in [0, 0.1) is 11.8 Å². The third-order valence-electron chi connectivity index (χ3n) is 9.33. The van der Waals surface area contributed by atoms with Gasteiger partial charge in [0.15, 0.2) is 0 Å². The average Bonchev–Trinajstić information content (AvgIpc) is 3.64. The van der Waals surface area contributed by atoms with E-state index in [1.807, 2.05) is 37.3 Å². The Morgan fingerprint density at radius 2 is 1.86 bits per heavy atom. The maximum atomic E-state index is 14.9. The summed E-state index contributed by atoms with van der Waals surface area (Å²) in [7, 11) is 1.57. The fraction of sp³-hybridized carbons (Fsp3) is 0.441. The molecule has 1 N–H and O–H groups in total. The summed E-state index contributed by atoms with van der Waals surface area (Å²) in [6.45, 7) is 9.40. The Balaban J connectivity index is 1.64. The molecule has 9 heteroatoms. The van der Waals surface area contributed by atoms with Gasteiger partial charge in [-0.25, -0.2) is 0 Å². The van der Waals surface area contributed by atoms with E-state index in [1.54, 1.807) is 48.4 Å². The number of hydrogen-bond donors (Lipinski definition) is 1. The Kier molecular flexibility index (Phi) is 8.76. The lowest BCUT2D eigenvalue weighted by Crippen LogP contribution is -2.57. The molecule has 3 aliphatic rings. The molecule has 2 unspecified atom stereocenters. The van der Waals surface area contributed by atoms with Gasteiger partial charge in [-0.3, -0.25) is 14.4 Å². The molecule has 0 radical (unpaired) electrons. The molecule has 3 aliphatic heterocycles. The number of carbonyl (C=O) groups excluding carboxylic acids is 3. The lowest BCUT2D eigenvalue weighted by atomic mass is 9.65. The van der Waals surface area contributed by atoms with E-state index in [1.165, 1.54) is 4.90 Å². The minimum atomic E-state index is -1.28. The first-order chi connectivity index (χ1) is 20.8. The van der Waals surface area contributed by atoms with Gasteiger partial charge < -0.3 is 29.1 Å². The Bertz CT molecular complexity index is 1360. The highest BCUT2D eigenvalue weighted by molar-refractivity contribution is 6.05. The number of benzene rings is 2. The molecule has 3 fully saturated rings. The third-order valence-corrected chi connectivity index (χ3v) is 9.33. The van der Waals surface area contributed by atoms with Crippen LogP contribution in [0.2, 0.25) is 0 Å². The fourth-order valence-corrected chi connectivity index (χ4v) is 7.35. The van der Waals surface area contributed by atoms with Crippen molar-refractivity contribution in [2.75, 3.05) is 31.8 Å². The zero-order valence-electron chi connectivity index (χ0n) is 24.8. The van der Waals surface area contributed by atoms with Gasteiger partial charge >= 0.3 is 5.97 Å². The van der Waals surface area contributed by atoms with Gasteiger partial charge in [0.25, 0.3) is 5.91 Å². The molecule has 6 atom stereocenters. The van der Waals surface area contributed by atoms with Crippen molar-refractivity contribution in [1.29, 1.82) is 0 Å². The van der Waals surface area contributed by atoms with Crippen molar-refractivity contribution in [3.05, 3.63) is 85.5 Å². The number of fused-ring (bicyclic) bond motifs is 1. The number of methoxy groups -OCH3 is 1. The SMILES string of the molecule is C=CCCOC(=O)[C@@H]1[C@H]2C(=O)N([C@H](CO)c3ccccc3)C(C(=O)N(CC=C)c3ccc(OC)cc3)C23CC[C@@]1(CC)O3. The number of ether oxygens (including phenoxy) is 3. The van der Waals surface area contributed by atoms with Crippen LogP contribution in [0.1, 0.15) is 44.2 Å². The molecule has 0 aliphatic carbocycles. The van der Waals surface area contributed by atoms with E-state index in [0.29, 0.717) is 42.7 Å². The smallest absolute Gasteiger partial charge is 0.312 e. The number of aliphatic hydroxyl groups is 1. The summed E-state index contributed by atoms with van der Waals surface area (Å²) < 4.78 is 17.8. The molecular formula is C34H40N2O7. The quantitative estimate of drug-likeness (QED) is 0.212. The summed E-state index contributed by atoms with van der Waals surface area (Å²) in [4.78, 5) is 46.3. The molecule has 5 rings (SSSR count). The molecule has 0 saturated carbocycles. The van der Waals surface area contributed by atoms with Gasteiger partial charge in [0.2, 0.25) is 5.91 Å². The second-order valence-corrected chi connectivity index (χ2v) is 11.4. The number of anilines is 1. The van der Waals surface area contributed by atoms with Crippen molar-refractivity contribution in [3.63, 3.8) is 0 Å². The van der Waals surface area contributed by atoms with Crippen LogP contribution in [0.3, 0.4) is 0 Å². The molecule has 2 aromatic carbocycles. The second-order valence-electron chi connectivity index (χ2n) is 11.4. The van der Waals surface area contributed by atoms with Crippen molar-refractivity contribution >= 4 is 23.5 Å². The number of hydrogen-bond acceptors (Lipinski definition) is 7. The standard InChI is InChI=1S/C34H40N2O7/c1-5-8-21-42-32(40)28-27-30(38)36(26(22-37)23-12-10-9-11-13-23)29(34(27)19-18-33(28,7-3)43-34)31(39)35(20-6-2)24-14-16-25(41-4)17-15-24/h5-6,9-17,26-29,37H,1-2,7-8,18-22H2,3-4H3/t26-,27+,28+,29?,33-,34?/m1/s1. The maximum absolute atomic E-state index is 14.9. The Hall–Kier alpha value is -3.95. The van der Waals surface area contributed by atoms with E-state index >= 15 is 0 Å². The average molecular weight is 589 g/mol. The van der Waals surface area contributed by atoms with E-state index in [0.717, 1.165) is 0 Å². The largest absolute Gasteiger partial charge is 0.497 e. The first-order valence-electron chi connectivity index (χ1n) is 14.8. The van der Waals surface area contributed by atoms with E-state index in [9.17, 15) is 19.5 Å². The van der Waals surface area contributed by atoms with Gasteiger partial charge in [0, 0.05) is 12.2 Å². The van der Waals surface area contributed by atoms with Crippen LogP contribution in [0.4, 0.5) is 5.69 Å². The first-order valence-corrected chi connectivity index (χ1v) is 14.8. The zero-order chi connectivity index (χ0) is 30.8. The Labute approximate surface area is 252 Å². The molecule has 2 aromatic rings. The summed E-state index contributed by atoms with van der Waals surface area (Å²) in [5.41, 5.74) is -0.935. The summed E-state index contributed by atoms with van der Waals surface area (Å²) in [6, 6.07) is 14.3. The topological polar surface area (TPSA) is 106 Å². The van der Waals surface area contributed by atoms with Gasteiger partial charge in [0.1, 0.15) is 23.3 Å². The number of aliphatic hydroxyl groups excluding tert-OH is 1. The lowest BCUT2D eigenvalue weighted by Gasteiger charge is -2.39. The second kappa shape index (κ2) is 12.3. The minimum absolute atomic E-state index is 0.145. The zero-order valence-corrected chi connectivity index (χ0v) is 24.8. The maximum Gasteiger partial charge on any atom is 0.312 e. The fourth-order valence-electron chi connectivity index (χ4n) is 7.35. The van der Waals surface area contributed by atoms with E-state index in [-0.39, 0.29) is 19.1 Å². The summed E-state index contributed by atoms with van der Waals surface area (Å²) in [5.74, 6) is -2.46. The molecule has 0 aromatic heterocycles. The summed E-state index contributed by atoms with van der Waals surface area (Å²) in [5, 5.41) is 10.7. The molecular weight excluding hydrogens is 548 g/mol. The van der Waals surface area contributed by atoms with Crippen LogP contribution >= 0.6 is 0 Å². The van der Waals surface area contributed by atoms with Crippen molar-refractivity contribution in [1.82, 2.24) is 4.90 Å². The third kappa shape index (κ3) is 4.94. The van der Waals surface area contributed by atoms with Crippen LogP contribution in [-0.4, -0.2) is 71.9 Å². The number of esters is 1. The minimum Gasteiger partial charge on any atom is -0.497 e. The van der Waals surface area contributed by atoms with Gasteiger partial charge in [0.05, 0.1) is 37.9 Å². The molecule has 3 heterocycles. The predicted octanol–water partition coefficient (Wildman–Crippen LogP) is 4.22. The van der Waals surface area contributed by atoms with Crippen LogP contribution in [-0.2, 0) is 23.9 Å². The van der Waals surface area contributed by atoms with Crippen LogP contribution in [0.25, 0.3) is 0 Å². The number of carbonyl (C=O) groups is 3. The van der Waals surface area contributed by atoms with Crippen molar-refractivity contribution in [2.24, 2.45) is 11.8 Å². The number of rotatable bonds is 13. The van der Waals surface area contributed by atoms with Crippen molar-refractivity contribution < 1.29 is 33.7 Å². The van der Waals surface area contributed by atoms with Crippen LogP contribution in [0.5, 0.6) is 5.75 Å². The molecule has 3 saturated heterocycles. The highest BCUT2D eigenvalue weighted by Crippen LogP contribution is 2.65. The van der Waals surface area contributed by atoms with Crippen molar-refractivity contribution in [3.8, 4) is 5.75 Å². The number of nitrogens with zero attached hydrogens (tertiary/aromatic N) is 2. The summed E-state index contributed by atoms with van der Waals surface area (Å²) in [6.07, 6.45) is 5.17.